The zero-order valence-corrected chi connectivity index (χ0v) is 12.2. The van der Waals surface area contributed by atoms with Crippen LogP contribution in [0.1, 0.15) is 37.1 Å². The molecule has 0 atom stereocenters. The summed E-state index contributed by atoms with van der Waals surface area (Å²) in [5.41, 5.74) is 5.45. The van der Waals surface area contributed by atoms with Crippen molar-refractivity contribution in [2.45, 2.75) is 27.3 Å². The molecule has 6 heteroatoms. The van der Waals surface area contributed by atoms with E-state index in [1.54, 1.807) is 19.1 Å². The SMILES string of the molecule is CCOC(=O)CN(CC(C)C)C(=O)c1ccc(CN)o1. The van der Waals surface area contributed by atoms with Crippen molar-refractivity contribution in [3.8, 4) is 0 Å². The minimum absolute atomic E-state index is 0.0798. The summed E-state index contributed by atoms with van der Waals surface area (Å²) in [4.78, 5) is 25.3. The maximum Gasteiger partial charge on any atom is 0.325 e. The molecular weight excluding hydrogens is 260 g/mol. The van der Waals surface area contributed by atoms with Gasteiger partial charge in [0.15, 0.2) is 5.76 Å². The quantitative estimate of drug-likeness (QED) is 0.764. The largest absolute Gasteiger partial charge is 0.465 e. The van der Waals surface area contributed by atoms with Gasteiger partial charge in [0.2, 0.25) is 0 Å². The lowest BCUT2D eigenvalue weighted by atomic mass is 10.2. The molecule has 0 saturated heterocycles. The van der Waals surface area contributed by atoms with Gasteiger partial charge in [-0.05, 0) is 25.0 Å². The molecule has 1 rings (SSSR count). The average molecular weight is 282 g/mol. The van der Waals surface area contributed by atoms with Gasteiger partial charge in [0.25, 0.3) is 5.91 Å². The van der Waals surface area contributed by atoms with Crippen molar-refractivity contribution in [3.05, 3.63) is 23.7 Å². The monoisotopic (exact) mass is 282 g/mol. The smallest absolute Gasteiger partial charge is 0.325 e. The summed E-state index contributed by atoms with van der Waals surface area (Å²) in [6, 6.07) is 3.23. The van der Waals surface area contributed by atoms with Gasteiger partial charge in [0.1, 0.15) is 12.3 Å². The van der Waals surface area contributed by atoms with Crippen molar-refractivity contribution in [1.29, 1.82) is 0 Å². The zero-order valence-electron chi connectivity index (χ0n) is 12.2. The third kappa shape index (κ3) is 4.70. The number of carbonyl (C=O) groups excluding carboxylic acids is 2. The number of nitrogens with zero attached hydrogens (tertiary/aromatic N) is 1. The highest BCUT2D eigenvalue weighted by Crippen LogP contribution is 2.12. The maximum atomic E-state index is 12.3. The Kier molecular flexibility index (Phi) is 6.24. The lowest BCUT2D eigenvalue weighted by Crippen LogP contribution is -2.38. The molecule has 0 radical (unpaired) electrons. The number of esters is 1. The molecule has 0 fully saturated rings. The van der Waals surface area contributed by atoms with Crippen LogP contribution >= 0.6 is 0 Å². The first-order valence-corrected chi connectivity index (χ1v) is 6.71. The Labute approximate surface area is 118 Å². The summed E-state index contributed by atoms with van der Waals surface area (Å²) in [6.45, 7) is 6.57. The van der Waals surface area contributed by atoms with Crippen molar-refractivity contribution in [2.24, 2.45) is 11.7 Å². The summed E-state index contributed by atoms with van der Waals surface area (Å²) in [5, 5.41) is 0. The number of ether oxygens (including phenoxy) is 1. The van der Waals surface area contributed by atoms with E-state index in [-0.39, 0.29) is 30.7 Å². The number of rotatable bonds is 7. The van der Waals surface area contributed by atoms with Crippen LogP contribution in [0.15, 0.2) is 16.5 Å². The first-order valence-electron chi connectivity index (χ1n) is 6.71. The van der Waals surface area contributed by atoms with Gasteiger partial charge >= 0.3 is 5.97 Å². The van der Waals surface area contributed by atoms with Crippen LogP contribution in [-0.2, 0) is 16.1 Å². The predicted molar refractivity (Wildman–Crippen MR) is 74.0 cm³/mol. The number of hydrogen-bond donors (Lipinski definition) is 1. The topological polar surface area (TPSA) is 85.8 Å². The Hall–Kier alpha value is -1.82. The highest BCUT2D eigenvalue weighted by Gasteiger charge is 2.23. The molecule has 1 aromatic heterocycles. The number of carbonyl (C=O) groups is 2. The summed E-state index contributed by atoms with van der Waals surface area (Å²) in [6.07, 6.45) is 0. The van der Waals surface area contributed by atoms with Crippen LogP contribution in [0.25, 0.3) is 0 Å². The van der Waals surface area contributed by atoms with Crippen LogP contribution in [0.3, 0.4) is 0 Å². The molecule has 1 amide bonds. The third-order valence-electron chi connectivity index (χ3n) is 2.57. The standard InChI is InChI=1S/C14H22N2O4/c1-4-19-13(17)9-16(8-10(2)3)14(18)12-6-5-11(7-15)20-12/h5-6,10H,4,7-9,15H2,1-3H3. The number of furan rings is 1. The van der Waals surface area contributed by atoms with Gasteiger partial charge in [-0.15, -0.1) is 0 Å². The summed E-state index contributed by atoms with van der Waals surface area (Å²) in [7, 11) is 0. The first kappa shape index (κ1) is 16.2. The van der Waals surface area contributed by atoms with E-state index >= 15 is 0 Å². The highest BCUT2D eigenvalue weighted by atomic mass is 16.5. The average Bonchev–Trinajstić information content (AvgIpc) is 2.85. The Balaban J connectivity index is 2.80. The van der Waals surface area contributed by atoms with Crippen LogP contribution in [0.2, 0.25) is 0 Å². The summed E-state index contributed by atoms with van der Waals surface area (Å²) < 4.78 is 10.2. The zero-order chi connectivity index (χ0) is 15.1. The first-order chi connectivity index (χ1) is 9.47. The van der Waals surface area contributed by atoms with E-state index in [0.717, 1.165) is 0 Å². The van der Waals surface area contributed by atoms with Gasteiger partial charge in [-0.3, -0.25) is 9.59 Å². The fourth-order valence-corrected chi connectivity index (χ4v) is 1.78. The van der Waals surface area contributed by atoms with Crippen LogP contribution in [0, 0.1) is 5.92 Å². The molecule has 1 aromatic rings. The minimum atomic E-state index is -0.424. The molecule has 20 heavy (non-hydrogen) atoms. The molecule has 0 aliphatic heterocycles. The van der Waals surface area contributed by atoms with E-state index < -0.39 is 5.97 Å². The molecule has 0 aromatic carbocycles. The van der Waals surface area contributed by atoms with E-state index in [1.165, 1.54) is 4.90 Å². The second kappa shape index (κ2) is 7.69. The second-order valence-corrected chi connectivity index (χ2v) is 4.85. The van der Waals surface area contributed by atoms with Crippen LogP contribution in [0.5, 0.6) is 0 Å². The maximum absolute atomic E-state index is 12.3. The molecule has 1 heterocycles. The van der Waals surface area contributed by atoms with Gasteiger partial charge in [-0.2, -0.15) is 0 Å². The molecule has 6 nitrogen and oxygen atoms in total. The lowest BCUT2D eigenvalue weighted by molar-refractivity contribution is -0.143. The minimum Gasteiger partial charge on any atom is -0.465 e. The van der Waals surface area contributed by atoms with Gasteiger partial charge in [0.05, 0.1) is 13.2 Å². The molecule has 112 valence electrons. The molecule has 0 unspecified atom stereocenters. The van der Waals surface area contributed by atoms with Gasteiger partial charge in [-0.25, -0.2) is 0 Å². The highest BCUT2D eigenvalue weighted by molar-refractivity contribution is 5.93. The van der Waals surface area contributed by atoms with E-state index in [0.29, 0.717) is 18.9 Å². The molecule has 2 N–H and O–H groups in total. The summed E-state index contributed by atoms with van der Waals surface area (Å²) in [5.74, 6) is 0.209. The third-order valence-corrected chi connectivity index (χ3v) is 2.57. The second-order valence-electron chi connectivity index (χ2n) is 4.85. The Morgan fingerprint density at radius 1 is 1.40 bits per heavy atom. The van der Waals surface area contributed by atoms with Crippen LogP contribution in [0.4, 0.5) is 0 Å². The molecule has 0 bridgehead atoms. The van der Waals surface area contributed by atoms with E-state index in [9.17, 15) is 9.59 Å². The number of nitrogens with two attached hydrogens (primary N) is 1. The van der Waals surface area contributed by atoms with E-state index in [1.807, 2.05) is 13.8 Å². The molecule has 0 saturated carbocycles. The fourth-order valence-electron chi connectivity index (χ4n) is 1.78. The van der Waals surface area contributed by atoms with Crippen molar-refractivity contribution in [2.75, 3.05) is 19.7 Å². The Morgan fingerprint density at radius 2 is 2.10 bits per heavy atom. The van der Waals surface area contributed by atoms with Crippen molar-refractivity contribution in [3.63, 3.8) is 0 Å². The number of hydrogen-bond acceptors (Lipinski definition) is 5. The van der Waals surface area contributed by atoms with Crippen LogP contribution in [-0.4, -0.2) is 36.5 Å². The Morgan fingerprint density at radius 3 is 2.60 bits per heavy atom. The molecule has 0 spiro atoms. The van der Waals surface area contributed by atoms with Gasteiger partial charge < -0.3 is 19.8 Å². The van der Waals surface area contributed by atoms with Gasteiger partial charge in [0, 0.05) is 6.54 Å². The fraction of sp³-hybridized carbons (Fsp3) is 0.571. The normalized spacial score (nSPS) is 10.7. The molecule has 0 aliphatic carbocycles. The Bertz CT molecular complexity index is 454. The molecular formula is C14H22N2O4. The van der Waals surface area contributed by atoms with E-state index in [4.69, 9.17) is 14.9 Å². The van der Waals surface area contributed by atoms with Crippen molar-refractivity contribution >= 4 is 11.9 Å². The predicted octanol–water partition coefficient (Wildman–Crippen LogP) is 1.40. The lowest BCUT2D eigenvalue weighted by Gasteiger charge is -2.22. The summed E-state index contributed by atoms with van der Waals surface area (Å²) >= 11 is 0. The molecule has 0 aliphatic rings. The number of amides is 1. The van der Waals surface area contributed by atoms with Crippen molar-refractivity contribution < 1.29 is 18.7 Å². The van der Waals surface area contributed by atoms with Gasteiger partial charge in [-0.1, -0.05) is 13.8 Å². The van der Waals surface area contributed by atoms with Crippen molar-refractivity contribution in [1.82, 2.24) is 4.90 Å². The van der Waals surface area contributed by atoms with Crippen LogP contribution < -0.4 is 5.73 Å². The van der Waals surface area contributed by atoms with E-state index in [2.05, 4.69) is 0 Å².